The normalized spacial score (nSPS) is 12.6. The Morgan fingerprint density at radius 3 is 3.00 bits per heavy atom. The van der Waals surface area contributed by atoms with Crippen LogP contribution in [0.2, 0.25) is 0 Å². The van der Waals surface area contributed by atoms with Crippen LogP contribution in [0.5, 0.6) is 0 Å². The monoisotopic (exact) mass is 185 g/mol. The number of para-hydroxylation sites is 1. The van der Waals surface area contributed by atoms with E-state index in [2.05, 4.69) is 11.2 Å². The average Bonchev–Trinajstić information content (AvgIpc) is 2.65. The first-order chi connectivity index (χ1) is 6.86. The van der Waals surface area contributed by atoms with Crippen molar-refractivity contribution in [2.45, 2.75) is 19.4 Å². The van der Waals surface area contributed by atoms with Gasteiger partial charge in [0.15, 0.2) is 0 Å². The van der Waals surface area contributed by atoms with E-state index in [9.17, 15) is 0 Å². The first kappa shape index (κ1) is 8.76. The standard InChI is InChI=1S/C11H11N3/c1-2-10(7-12)14-11-6-4-3-5-9(11)8-13-14/h3-6,8,10H,2H2,1H3. The van der Waals surface area contributed by atoms with Crippen LogP contribution in [0.4, 0.5) is 0 Å². The Balaban J connectivity index is 2.59. The summed E-state index contributed by atoms with van der Waals surface area (Å²) in [6.07, 6.45) is 2.58. The highest BCUT2D eigenvalue weighted by Crippen LogP contribution is 2.18. The number of nitrogens with zero attached hydrogens (tertiary/aromatic N) is 3. The molecule has 0 radical (unpaired) electrons. The van der Waals surface area contributed by atoms with E-state index in [0.29, 0.717) is 0 Å². The smallest absolute Gasteiger partial charge is 0.138 e. The molecule has 1 heterocycles. The summed E-state index contributed by atoms with van der Waals surface area (Å²) in [4.78, 5) is 0. The molecule has 0 N–H and O–H groups in total. The van der Waals surface area contributed by atoms with Crippen molar-refractivity contribution < 1.29 is 0 Å². The molecule has 2 aromatic rings. The van der Waals surface area contributed by atoms with Crippen molar-refractivity contribution in [3.05, 3.63) is 30.5 Å². The third-order valence-corrected chi connectivity index (χ3v) is 2.34. The van der Waals surface area contributed by atoms with Crippen LogP contribution < -0.4 is 0 Å². The van der Waals surface area contributed by atoms with Crippen LogP contribution in [0.1, 0.15) is 19.4 Å². The lowest BCUT2D eigenvalue weighted by Gasteiger charge is -2.07. The van der Waals surface area contributed by atoms with Crippen molar-refractivity contribution in [1.82, 2.24) is 9.78 Å². The first-order valence-electron chi connectivity index (χ1n) is 4.68. The molecule has 14 heavy (non-hydrogen) atoms. The predicted molar refractivity (Wildman–Crippen MR) is 54.7 cm³/mol. The molecule has 3 heteroatoms. The maximum Gasteiger partial charge on any atom is 0.138 e. The van der Waals surface area contributed by atoms with E-state index in [1.165, 1.54) is 0 Å². The van der Waals surface area contributed by atoms with Gasteiger partial charge in [0.2, 0.25) is 0 Å². The van der Waals surface area contributed by atoms with Crippen molar-refractivity contribution in [3.8, 4) is 6.07 Å². The second-order valence-electron chi connectivity index (χ2n) is 3.20. The second-order valence-corrected chi connectivity index (χ2v) is 3.20. The Morgan fingerprint density at radius 2 is 2.29 bits per heavy atom. The predicted octanol–water partition coefficient (Wildman–Crippen LogP) is 2.51. The molecule has 0 amide bonds. The molecule has 1 aromatic heterocycles. The van der Waals surface area contributed by atoms with Gasteiger partial charge in [-0.15, -0.1) is 0 Å². The average molecular weight is 185 g/mol. The lowest BCUT2D eigenvalue weighted by molar-refractivity contribution is 0.552. The van der Waals surface area contributed by atoms with E-state index in [4.69, 9.17) is 5.26 Å². The number of benzene rings is 1. The molecule has 0 spiro atoms. The largest absolute Gasteiger partial charge is 0.248 e. The SMILES string of the molecule is CCC(C#N)n1ncc2ccccc21. The topological polar surface area (TPSA) is 41.6 Å². The van der Waals surface area contributed by atoms with Gasteiger partial charge in [-0.3, -0.25) is 0 Å². The minimum Gasteiger partial charge on any atom is -0.248 e. The van der Waals surface area contributed by atoms with Crippen LogP contribution in [0, 0.1) is 11.3 Å². The second kappa shape index (κ2) is 3.51. The first-order valence-corrected chi connectivity index (χ1v) is 4.68. The molecule has 0 fully saturated rings. The van der Waals surface area contributed by atoms with Gasteiger partial charge in [-0.25, -0.2) is 4.68 Å². The van der Waals surface area contributed by atoms with Crippen LogP contribution in [-0.2, 0) is 0 Å². The molecule has 1 atom stereocenters. The summed E-state index contributed by atoms with van der Waals surface area (Å²) >= 11 is 0. The fourth-order valence-electron chi connectivity index (χ4n) is 1.56. The van der Waals surface area contributed by atoms with Gasteiger partial charge in [0.25, 0.3) is 0 Å². The zero-order valence-electron chi connectivity index (χ0n) is 8.01. The zero-order valence-corrected chi connectivity index (χ0v) is 8.01. The Kier molecular flexibility index (Phi) is 2.19. The summed E-state index contributed by atoms with van der Waals surface area (Å²) in [5.41, 5.74) is 1.03. The van der Waals surface area contributed by atoms with Crippen LogP contribution >= 0.6 is 0 Å². The van der Waals surface area contributed by atoms with Crippen LogP contribution in [0.3, 0.4) is 0 Å². The van der Waals surface area contributed by atoms with Crippen LogP contribution in [-0.4, -0.2) is 9.78 Å². The van der Waals surface area contributed by atoms with Crippen molar-refractivity contribution in [1.29, 1.82) is 5.26 Å². The van der Waals surface area contributed by atoms with Gasteiger partial charge in [-0.05, 0) is 12.5 Å². The quantitative estimate of drug-likeness (QED) is 0.721. The highest BCUT2D eigenvalue weighted by Gasteiger charge is 2.10. The molecule has 3 nitrogen and oxygen atoms in total. The van der Waals surface area contributed by atoms with Crippen molar-refractivity contribution in [2.24, 2.45) is 0 Å². The zero-order chi connectivity index (χ0) is 9.97. The third-order valence-electron chi connectivity index (χ3n) is 2.34. The Bertz CT molecular complexity index is 478. The fraction of sp³-hybridized carbons (Fsp3) is 0.273. The van der Waals surface area contributed by atoms with Gasteiger partial charge in [0.05, 0.1) is 17.8 Å². The lowest BCUT2D eigenvalue weighted by Crippen LogP contribution is -2.06. The summed E-state index contributed by atoms with van der Waals surface area (Å²) in [6, 6.07) is 10.0. The van der Waals surface area contributed by atoms with Gasteiger partial charge in [-0.2, -0.15) is 10.4 Å². The summed E-state index contributed by atoms with van der Waals surface area (Å²) < 4.78 is 1.79. The number of hydrogen-bond donors (Lipinski definition) is 0. The maximum atomic E-state index is 8.95. The van der Waals surface area contributed by atoms with E-state index in [1.807, 2.05) is 31.2 Å². The number of aromatic nitrogens is 2. The third kappa shape index (κ3) is 1.25. The Hall–Kier alpha value is -1.82. The van der Waals surface area contributed by atoms with E-state index in [1.54, 1.807) is 10.9 Å². The molecular weight excluding hydrogens is 174 g/mol. The summed E-state index contributed by atoms with van der Waals surface area (Å²) in [6.45, 7) is 1.99. The van der Waals surface area contributed by atoms with Gasteiger partial charge >= 0.3 is 0 Å². The van der Waals surface area contributed by atoms with Crippen molar-refractivity contribution in [2.75, 3.05) is 0 Å². The molecule has 2 rings (SSSR count). The Labute approximate surface area is 82.6 Å². The highest BCUT2D eigenvalue weighted by molar-refractivity contribution is 5.78. The van der Waals surface area contributed by atoms with Crippen molar-refractivity contribution in [3.63, 3.8) is 0 Å². The minimum absolute atomic E-state index is 0.158. The van der Waals surface area contributed by atoms with Gasteiger partial charge in [0.1, 0.15) is 6.04 Å². The van der Waals surface area contributed by atoms with Gasteiger partial charge in [0, 0.05) is 5.39 Å². The molecule has 0 aliphatic carbocycles. The molecule has 0 aliphatic heterocycles. The molecule has 1 unspecified atom stereocenters. The summed E-state index contributed by atoms with van der Waals surface area (Å²) in [5, 5.41) is 14.3. The minimum atomic E-state index is -0.158. The van der Waals surface area contributed by atoms with Crippen LogP contribution in [0.15, 0.2) is 30.5 Å². The molecule has 1 aromatic carbocycles. The number of hydrogen-bond acceptors (Lipinski definition) is 2. The van der Waals surface area contributed by atoms with E-state index in [0.717, 1.165) is 17.3 Å². The molecule has 0 saturated carbocycles. The molecular formula is C11H11N3. The summed E-state index contributed by atoms with van der Waals surface area (Å²) in [7, 11) is 0. The number of fused-ring (bicyclic) bond motifs is 1. The van der Waals surface area contributed by atoms with Crippen LogP contribution in [0.25, 0.3) is 10.9 Å². The van der Waals surface area contributed by atoms with E-state index < -0.39 is 0 Å². The number of nitriles is 1. The number of rotatable bonds is 2. The molecule has 0 saturated heterocycles. The van der Waals surface area contributed by atoms with Crippen molar-refractivity contribution >= 4 is 10.9 Å². The van der Waals surface area contributed by atoms with Gasteiger partial charge in [-0.1, -0.05) is 25.1 Å². The summed E-state index contributed by atoms with van der Waals surface area (Å²) in [5.74, 6) is 0. The lowest BCUT2D eigenvalue weighted by atomic mass is 10.2. The van der Waals surface area contributed by atoms with Gasteiger partial charge < -0.3 is 0 Å². The van der Waals surface area contributed by atoms with E-state index in [-0.39, 0.29) is 6.04 Å². The maximum absolute atomic E-state index is 8.95. The highest BCUT2D eigenvalue weighted by atomic mass is 15.3. The molecule has 0 bridgehead atoms. The molecule has 70 valence electrons. The Morgan fingerprint density at radius 1 is 1.50 bits per heavy atom. The van der Waals surface area contributed by atoms with E-state index >= 15 is 0 Å². The fourth-order valence-corrected chi connectivity index (χ4v) is 1.56. The molecule has 0 aliphatic rings.